The van der Waals surface area contributed by atoms with Crippen molar-refractivity contribution in [3.8, 4) is 0 Å². The predicted molar refractivity (Wildman–Crippen MR) is 119 cm³/mol. The van der Waals surface area contributed by atoms with Crippen LogP contribution in [0.5, 0.6) is 0 Å². The third-order valence-electron chi connectivity index (χ3n) is 4.76. The van der Waals surface area contributed by atoms with Crippen LogP contribution in [-0.2, 0) is 16.0 Å². The Kier molecular flexibility index (Phi) is 5.92. The van der Waals surface area contributed by atoms with Gasteiger partial charge in [-0.2, -0.15) is 0 Å². The lowest BCUT2D eigenvalue weighted by molar-refractivity contribution is -0.129. The molecule has 1 saturated heterocycles. The molecule has 4 rings (SSSR count). The number of benzene rings is 2. The number of aromatic amines is 1. The molecule has 6 nitrogen and oxygen atoms in total. The van der Waals surface area contributed by atoms with Gasteiger partial charge in [0.25, 0.3) is 11.1 Å². The molecule has 0 aliphatic carbocycles. The smallest absolute Gasteiger partial charge is 0.294 e. The van der Waals surface area contributed by atoms with E-state index >= 15 is 0 Å². The summed E-state index contributed by atoms with van der Waals surface area (Å²) in [5.41, 5.74) is 2.79. The zero-order valence-electron chi connectivity index (χ0n) is 15.9. The van der Waals surface area contributed by atoms with Gasteiger partial charge >= 0.3 is 0 Å². The number of halogens is 1. The average molecular weight is 440 g/mol. The number of carbonyl (C=O) groups excluding carboxylic acids is 3. The zero-order valence-corrected chi connectivity index (χ0v) is 17.4. The van der Waals surface area contributed by atoms with Gasteiger partial charge < -0.3 is 10.3 Å². The highest BCUT2D eigenvalue weighted by molar-refractivity contribution is 8.18. The van der Waals surface area contributed by atoms with Gasteiger partial charge in [0.1, 0.15) is 6.54 Å². The molecule has 30 heavy (non-hydrogen) atoms. The first kappa shape index (κ1) is 20.3. The van der Waals surface area contributed by atoms with E-state index in [0.717, 1.165) is 33.1 Å². The summed E-state index contributed by atoms with van der Waals surface area (Å²) < 4.78 is 0. The van der Waals surface area contributed by atoms with Crippen molar-refractivity contribution in [2.45, 2.75) is 6.42 Å². The van der Waals surface area contributed by atoms with Gasteiger partial charge in [0.05, 0.1) is 4.91 Å². The molecule has 1 fully saturated rings. The van der Waals surface area contributed by atoms with Gasteiger partial charge in [0.15, 0.2) is 0 Å². The highest BCUT2D eigenvalue weighted by atomic mass is 35.5. The van der Waals surface area contributed by atoms with E-state index in [2.05, 4.69) is 10.3 Å². The molecule has 1 aliphatic heterocycles. The molecule has 3 aromatic rings. The van der Waals surface area contributed by atoms with Crippen molar-refractivity contribution in [3.63, 3.8) is 0 Å². The van der Waals surface area contributed by atoms with E-state index in [9.17, 15) is 14.4 Å². The molecular formula is C22H18ClN3O3S. The second kappa shape index (κ2) is 8.77. The van der Waals surface area contributed by atoms with Gasteiger partial charge in [-0.15, -0.1) is 0 Å². The summed E-state index contributed by atoms with van der Waals surface area (Å²) in [6, 6.07) is 15.0. The third-order valence-corrected chi connectivity index (χ3v) is 6.01. The maximum atomic E-state index is 12.6. The van der Waals surface area contributed by atoms with Crippen LogP contribution in [-0.4, -0.2) is 40.0 Å². The van der Waals surface area contributed by atoms with E-state index in [0.29, 0.717) is 23.6 Å². The summed E-state index contributed by atoms with van der Waals surface area (Å²) in [6.45, 7) is 0.102. The molecule has 2 aromatic carbocycles. The van der Waals surface area contributed by atoms with E-state index in [4.69, 9.17) is 11.6 Å². The third kappa shape index (κ3) is 4.27. The summed E-state index contributed by atoms with van der Waals surface area (Å²) in [4.78, 5) is 41.5. The second-order valence-electron chi connectivity index (χ2n) is 6.75. The highest BCUT2D eigenvalue weighted by Crippen LogP contribution is 2.33. The van der Waals surface area contributed by atoms with Crippen LogP contribution in [0, 0.1) is 0 Å². The van der Waals surface area contributed by atoms with Crippen molar-refractivity contribution in [3.05, 3.63) is 75.8 Å². The molecule has 2 heterocycles. The van der Waals surface area contributed by atoms with Crippen molar-refractivity contribution in [1.29, 1.82) is 0 Å². The van der Waals surface area contributed by atoms with Crippen molar-refractivity contribution < 1.29 is 14.4 Å². The number of amides is 3. The molecule has 3 amide bonds. The minimum absolute atomic E-state index is 0.250. The van der Waals surface area contributed by atoms with E-state index < -0.39 is 11.1 Å². The molecule has 8 heteroatoms. The van der Waals surface area contributed by atoms with E-state index in [1.54, 1.807) is 30.3 Å². The Morgan fingerprint density at radius 3 is 2.73 bits per heavy atom. The van der Waals surface area contributed by atoms with Crippen LogP contribution in [0.15, 0.2) is 59.6 Å². The lowest BCUT2D eigenvalue weighted by Crippen LogP contribution is -2.40. The lowest BCUT2D eigenvalue weighted by atomic mass is 10.1. The Labute approximate surface area is 182 Å². The number of carbonyl (C=O) groups is 3. The van der Waals surface area contributed by atoms with Gasteiger partial charge in [-0.3, -0.25) is 19.3 Å². The maximum absolute atomic E-state index is 12.6. The number of nitrogens with one attached hydrogen (secondary N) is 2. The van der Waals surface area contributed by atoms with Crippen LogP contribution in [0.25, 0.3) is 17.0 Å². The number of para-hydroxylation sites is 1. The Morgan fingerprint density at radius 1 is 1.13 bits per heavy atom. The first-order valence-corrected chi connectivity index (χ1v) is 10.5. The summed E-state index contributed by atoms with van der Waals surface area (Å²) >= 11 is 6.92. The van der Waals surface area contributed by atoms with Gasteiger partial charge in [0, 0.05) is 28.7 Å². The van der Waals surface area contributed by atoms with Crippen molar-refractivity contribution in [2.24, 2.45) is 0 Å². The molecule has 0 unspecified atom stereocenters. The molecule has 2 N–H and O–H groups in total. The normalized spacial score (nSPS) is 15.4. The lowest BCUT2D eigenvalue weighted by Gasteiger charge is -2.12. The largest absolute Gasteiger partial charge is 0.361 e. The Morgan fingerprint density at radius 2 is 1.90 bits per heavy atom. The molecule has 0 radical (unpaired) electrons. The number of fused-ring (bicyclic) bond motifs is 1. The number of nitrogens with zero attached hydrogens (tertiary/aromatic N) is 1. The first-order valence-electron chi connectivity index (χ1n) is 9.34. The van der Waals surface area contributed by atoms with Crippen molar-refractivity contribution >= 4 is 57.4 Å². The standard InChI is InChI=1S/C22H18ClN3O3S/c23-17-7-3-1-5-14(17)11-19-21(28)26(22(29)30-19)13-20(27)24-10-9-15-12-25-18-8-4-2-6-16(15)18/h1-8,11-12,25H,9-10,13H2,(H,24,27)/b19-11-. The molecular weight excluding hydrogens is 422 g/mol. The second-order valence-corrected chi connectivity index (χ2v) is 8.15. The fourth-order valence-electron chi connectivity index (χ4n) is 3.24. The summed E-state index contributed by atoms with van der Waals surface area (Å²) in [5.74, 6) is -0.868. The Bertz CT molecular complexity index is 1170. The van der Waals surface area contributed by atoms with Gasteiger partial charge in [-0.05, 0) is 47.5 Å². The number of aromatic nitrogens is 1. The van der Waals surface area contributed by atoms with E-state index in [-0.39, 0.29) is 17.4 Å². The number of imide groups is 1. The number of thioether (sulfide) groups is 1. The first-order chi connectivity index (χ1) is 14.5. The minimum Gasteiger partial charge on any atom is -0.361 e. The van der Waals surface area contributed by atoms with Crippen LogP contribution in [0.1, 0.15) is 11.1 Å². The summed E-state index contributed by atoms with van der Waals surface area (Å²) in [5, 5.41) is 3.91. The predicted octanol–water partition coefficient (Wildman–Crippen LogP) is 4.22. The Balaban J connectivity index is 1.34. The van der Waals surface area contributed by atoms with Crippen molar-refractivity contribution in [1.82, 2.24) is 15.2 Å². The fourth-order valence-corrected chi connectivity index (χ4v) is 4.26. The molecule has 1 aromatic heterocycles. The topological polar surface area (TPSA) is 82.3 Å². The number of hydrogen-bond donors (Lipinski definition) is 2. The minimum atomic E-state index is -0.489. The molecule has 1 aliphatic rings. The SMILES string of the molecule is O=C(CN1C(=O)S/C(=C\c2ccccc2Cl)C1=O)NCCc1c[nH]c2ccccc12. The number of hydrogen-bond acceptors (Lipinski definition) is 4. The van der Waals surface area contributed by atoms with Gasteiger partial charge in [-0.1, -0.05) is 48.0 Å². The van der Waals surface area contributed by atoms with Crippen LogP contribution in [0.4, 0.5) is 4.79 Å². The number of H-pyrrole nitrogens is 1. The van der Waals surface area contributed by atoms with Crippen LogP contribution >= 0.6 is 23.4 Å². The van der Waals surface area contributed by atoms with Crippen molar-refractivity contribution in [2.75, 3.05) is 13.1 Å². The molecule has 152 valence electrons. The van der Waals surface area contributed by atoms with Gasteiger partial charge in [-0.25, -0.2) is 0 Å². The maximum Gasteiger partial charge on any atom is 0.294 e. The summed E-state index contributed by atoms with van der Waals surface area (Å²) in [6.07, 6.45) is 4.14. The quantitative estimate of drug-likeness (QED) is 0.563. The van der Waals surface area contributed by atoms with E-state index in [1.807, 2.05) is 30.5 Å². The monoisotopic (exact) mass is 439 g/mol. The highest BCUT2D eigenvalue weighted by Gasteiger charge is 2.36. The van der Waals surface area contributed by atoms with Crippen LogP contribution in [0.2, 0.25) is 5.02 Å². The summed E-state index contributed by atoms with van der Waals surface area (Å²) in [7, 11) is 0. The molecule has 0 atom stereocenters. The van der Waals surface area contributed by atoms with Crippen LogP contribution < -0.4 is 5.32 Å². The van der Waals surface area contributed by atoms with Gasteiger partial charge in [0.2, 0.25) is 5.91 Å². The van der Waals surface area contributed by atoms with E-state index in [1.165, 1.54) is 0 Å². The fraction of sp³-hybridized carbons (Fsp3) is 0.136. The molecule has 0 bridgehead atoms. The zero-order chi connectivity index (χ0) is 21.1. The average Bonchev–Trinajstić information content (AvgIpc) is 3.26. The molecule has 0 spiro atoms. The Hall–Kier alpha value is -3.03. The van der Waals surface area contributed by atoms with Crippen LogP contribution in [0.3, 0.4) is 0 Å². The number of rotatable bonds is 6. The molecule has 0 saturated carbocycles.